The molecule has 1 aliphatic rings. The van der Waals surface area contributed by atoms with E-state index < -0.39 is 16.5 Å². The van der Waals surface area contributed by atoms with Gasteiger partial charge < -0.3 is 24.4 Å². The number of hydrogen-bond acceptors (Lipinski definition) is 4. The lowest BCUT2D eigenvalue weighted by Gasteiger charge is -1.97. The first-order chi connectivity index (χ1) is 6.46. The van der Waals surface area contributed by atoms with Crippen LogP contribution in [0.3, 0.4) is 0 Å². The van der Waals surface area contributed by atoms with Crippen LogP contribution in [0.15, 0.2) is 24.6 Å². The molecule has 0 unspecified atom stereocenters. The summed E-state index contributed by atoms with van der Waals surface area (Å²) in [6.45, 7) is 0. The maximum atomic E-state index is 8.74. The van der Waals surface area contributed by atoms with E-state index in [1.54, 1.807) is 18.5 Å². The van der Waals surface area contributed by atoms with E-state index in [9.17, 15) is 0 Å². The van der Waals surface area contributed by atoms with E-state index in [-0.39, 0.29) is 0 Å². The quantitative estimate of drug-likeness (QED) is 0.353. The Morgan fingerprint density at radius 3 is 1.50 bits per heavy atom. The first-order valence-electron chi connectivity index (χ1n) is 3.03. The lowest BCUT2D eigenvalue weighted by atomic mass is 10.6. The van der Waals surface area contributed by atoms with Gasteiger partial charge in [0.2, 0.25) is 0 Å². The highest BCUT2D eigenvalue weighted by molar-refractivity contribution is 7.31. The van der Waals surface area contributed by atoms with Gasteiger partial charge in [0.05, 0.1) is 0 Å². The minimum Gasteiger partial charge on any atom is -0.391 e. The third-order valence-electron chi connectivity index (χ3n) is 0.490. The molecule has 84 valence electrons. The van der Waals surface area contributed by atoms with Crippen LogP contribution < -0.4 is 5.48 Å². The second-order valence-corrected chi connectivity index (χ2v) is 2.62. The fourth-order valence-corrected chi connectivity index (χ4v) is 0.258. The molecule has 14 heavy (non-hydrogen) atoms. The number of allylic oxidation sites excluding steroid dienone is 2. The molecule has 10 heteroatoms. The summed E-state index contributed by atoms with van der Waals surface area (Å²) in [5.41, 5.74) is 2.52. The second kappa shape index (κ2) is 12.4. The van der Waals surface area contributed by atoms with E-state index in [1.807, 2.05) is 6.08 Å². The third kappa shape index (κ3) is 42.4. The predicted octanol–water partition coefficient (Wildman–Crippen LogP) is -0.730. The molecule has 0 saturated carbocycles. The predicted molar refractivity (Wildman–Crippen MR) is 49.4 cm³/mol. The maximum Gasteiger partial charge on any atom is 0.314 e. The molecular formula is C4H11NO7P2. The molecule has 0 atom stereocenters. The Hall–Kier alpha value is -0.620. The number of nitrogens with one attached hydrogen (secondary N) is 1. The van der Waals surface area contributed by atoms with Crippen molar-refractivity contribution in [3.05, 3.63) is 24.6 Å². The second-order valence-electron chi connectivity index (χ2n) is 1.49. The van der Waals surface area contributed by atoms with Crippen molar-refractivity contribution in [1.29, 1.82) is 0 Å². The molecule has 5 N–H and O–H groups in total. The van der Waals surface area contributed by atoms with E-state index in [1.165, 1.54) is 0 Å². The Bertz CT molecular complexity index is 196. The molecule has 0 bridgehead atoms. The van der Waals surface area contributed by atoms with Crippen molar-refractivity contribution in [2.24, 2.45) is 0 Å². The van der Waals surface area contributed by atoms with Gasteiger partial charge in [-0.05, 0) is 12.2 Å². The van der Waals surface area contributed by atoms with Crippen molar-refractivity contribution >= 4 is 16.5 Å². The van der Waals surface area contributed by atoms with E-state index in [0.717, 1.165) is 0 Å². The lowest BCUT2D eigenvalue weighted by Crippen LogP contribution is -2.01. The molecule has 0 amide bonds. The molecule has 0 fully saturated rings. The van der Waals surface area contributed by atoms with Crippen LogP contribution in [0, 0.1) is 0 Å². The van der Waals surface area contributed by atoms with E-state index in [0.29, 0.717) is 0 Å². The van der Waals surface area contributed by atoms with Gasteiger partial charge in [0.1, 0.15) is 6.26 Å². The zero-order valence-electron chi connectivity index (χ0n) is 6.82. The highest BCUT2D eigenvalue weighted by atomic mass is 31.1. The topological polar surface area (TPSA) is 136 Å². The molecular weight excluding hydrogens is 236 g/mol. The summed E-state index contributed by atoms with van der Waals surface area (Å²) in [5, 5.41) is 0. The summed E-state index contributed by atoms with van der Waals surface area (Å²) in [6.07, 6.45) is 6.93. The molecule has 0 radical (unpaired) electrons. The van der Waals surface area contributed by atoms with Crippen molar-refractivity contribution in [3.8, 4) is 0 Å². The molecule has 0 aliphatic carbocycles. The zero-order chi connectivity index (χ0) is 11.4. The van der Waals surface area contributed by atoms with E-state index in [4.69, 9.17) is 28.7 Å². The Balaban J connectivity index is 0. The maximum absolute atomic E-state index is 8.74. The normalized spacial score (nSPS) is 11.9. The largest absolute Gasteiger partial charge is 0.391 e. The minimum atomic E-state index is -3.13. The van der Waals surface area contributed by atoms with Gasteiger partial charge in [-0.2, -0.15) is 0 Å². The molecule has 0 aromatic rings. The summed E-state index contributed by atoms with van der Waals surface area (Å²) >= 11 is 0. The Morgan fingerprint density at radius 2 is 1.43 bits per heavy atom. The summed E-state index contributed by atoms with van der Waals surface area (Å²) in [7, 11) is -6.26. The van der Waals surface area contributed by atoms with Crippen LogP contribution in [-0.4, -0.2) is 19.6 Å². The van der Waals surface area contributed by atoms with Gasteiger partial charge in [0.25, 0.3) is 0 Å². The van der Waals surface area contributed by atoms with E-state index >= 15 is 0 Å². The van der Waals surface area contributed by atoms with Gasteiger partial charge in [-0.1, -0.05) is 0 Å². The first-order valence-corrected chi connectivity index (χ1v) is 5.64. The highest BCUT2D eigenvalue weighted by Gasteiger charge is 1.72. The van der Waals surface area contributed by atoms with Crippen LogP contribution in [0.1, 0.15) is 0 Å². The van der Waals surface area contributed by atoms with Crippen LogP contribution in [0.4, 0.5) is 0 Å². The number of hydroxylamine groups is 1. The summed E-state index contributed by atoms with van der Waals surface area (Å²) in [6, 6.07) is 0. The summed E-state index contributed by atoms with van der Waals surface area (Å²) in [5.74, 6) is 0. The van der Waals surface area contributed by atoms with Crippen LogP contribution in [0.25, 0.3) is 0 Å². The fraction of sp³-hybridized carbons (Fsp3) is 0. The number of hydrogen-bond donors (Lipinski definition) is 5. The summed E-state index contributed by atoms with van der Waals surface area (Å²) in [4.78, 5) is 33.2. The molecule has 0 aromatic carbocycles. The van der Waals surface area contributed by atoms with Crippen molar-refractivity contribution in [2.45, 2.75) is 0 Å². The van der Waals surface area contributed by atoms with Crippen molar-refractivity contribution in [3.63, 3.8) is 0 Å². The molecule has 1 rings (SSSR count). The fourth-order valence-electron chi connectivity index (χ4n) is 0.258. The minimum absolute atomic E-state index is 1.57. The average Bonchev–Trinajstić information content (AvgIpc) is 2.05. The van der Waals surface area contributed by atoms with Gasteiger partial charge in [0, 0.05) is 6.20 Å². The van der Waals surface area contributed by atoms with Crippen LogP contribution in [-0.2, 0) is 14.0 Å². The molecule has 1 heterocycles. The van der Waals surface area contributed by atoms with Gasteiger partial charge >= 0.3 is 16.5 Å². The van der Waals surface area contributed by atoms with E-state index in [2.05, 4.69) is 10.3 Å². The first kappa shape index (κ1) is 15.8. The molecule has 0 spiro atoms. The highest BCUT2D eigenvalue weighted by Crippen LogP contribution is 1.98. The van der Waals surface area contributed by atoms with Crippen molar-refractivity contribution in [2.75, 3.05) is 0 Å². The SMILES string of the molecule is C1=CNOC=C1.O=[PH](O)O.O=[PH](O)O. The standard InChI is InChI=1S/C4H5NO.2H3O3P/c1-2-4-6-5-3-1;2*1-4(2)3/h1-5H;2*4H,(H2,1,2,3). The lowest BCUT2D eigenvalue weighted by molar-refractivity contribution is 0.172. The van der Waals surface area contributed by atoms with Crippen LogP contribution >= 0.6 is 16.5 Å². The molecule has 0 aromatic heterocycles. The van der Waals surface area contributed by atoms with Gasteiger partial charge in [-0.3, -0.25) is 9.13 Å². The molecule has 8 nitrogen and oxygen atoms in total. The van der Waals surface area contributed by atoms with Crippen molar-refractivity contribution < 1.29 is 33.5 Å². The third-order valence-corrected chi connectivity index (χ3v) is 0.490. The molecule has 1 aliphatic heterocycles. The Kier molecular flexibility index (Phi) is 14.0. The zero-order valence-corrected chi connectivity index (χ0v) is 8.82. The monoisotopic (exact) mass is 247 g/mol. The van der Waals surface area contributed by atoms with Gasteiger partial charge in [-0.25, -0.2) is 5.48 Å². The average molecular weight is 247 g/mol. The number of rotatable bonds is 0. The smallest absolute Gasteiger partial charge is 0.314 e. The molecule has 0 saturated heterocycles. The summed E-state index contributed by atoms with van der Waals surface area (Å²) < 4.78 is 17.5. The Labute approximate surface area is 81.0 Å². The van der Waals surface area contributed by atoms with Crippen molar-refractivity contribution in [1.82, 2.24) is 5.48 Å². The van der Waals surface area contributed by atoms with Gasteiger partial charge in [0.15, 0.2) is 0 Å². The van der Waals surface area contributed by atoms with Gasteiger partial charge in [-0.15, -0.1) is 0 Å². The van der Waals surface area contributed by atoms with Crippen LogP contribution in [0.5, 0.6) is 0 Å². The Morgan fingerprint density at radius 1 is 1.00 bits per heavy atom. The van der Waals surface area contributed by atoms with Crippen LogP contribution in [0.2, 0.25) is 0 Å².